The van der Waals surface area contributed by atoms with Gasteiger partial charge < -0.3 is 10.2 Å². The van der Waals surface area contributed by atoms with Gasteiger partial charge in [0.15, 0.2) is 0 Å². The molecular formula is C18H16N4O2. The number of pyridine rings is 1. The van der Waals surface area contributed by atoms with E-state index < -0.39 is 0 Å². The summed E-state index contributed by atoms with van der Waals surface area (Å²) in [6.45, 7) is 1.87. The molecule has 6 nitrogen and oxygen atoms in total. The van der Waals surface area contributed by atoms with E-state index in [-0.39, 0.29) is 23.6 Å². The number of amides is 2. The van der Waals surface area contributed by atoms with Crippen molar-refractivity contribution >= 4 is 17.5 Å². The average Bonchev–Trinajstić information content (AvgIpc) is 2.60. The van der Waals surface area contributed by atoms with Gasteiger partial charge in [-0.05, 0) is 30.2 Å². The number of nitrogens with zero attached hydrogens (tertiary/aromatic N) is 3. The first-order valence-corrected chi connectivity index (χ1v) is 7.61. The third-order valence-electron chi connectivity index (χ3n) is 3.93. The van der Waals surface area contributed by atoms with Crippen LogP contribution in [-0.2, 0) is 11.2 Å². The van der Waals surface area contributed by atoms with Gasteiger partial charge in [0.25, 0.3) is 5.91 Å². The van der Waals surface area contributed by atoms with Gasteiger partial charge in [0.2, 0.25) is 5.91 Å². The Morgan fingerprint density at radius 2 is 2.08 bits per heavy atom. The zero-order chi connectivity index (χ0) is 17.1. The molecule has 1 aromatic carbocycles. The van der Waals surface area contributed by atoms with Gasteiger partial charge in [-0.2, -0.15) is 5.26 Å². The van der Waals surface area contributed by atoms with Gasteiger partial charge in [-0.15, -0.1) is 0 Å². The van der Waals surface area contributed by atoms with Crippen molar-refractivity contribution in [3.8, 4) is 6.07 Å². The van der Waals surface area contributed by atoms with Crippen LogP contribution in [0.3, 0.4) is 0 Å². The van der Waals surface area contributed by atoms with Crippen LogP contribution >= 0.6 is 0 Å². The lowest BCUT2D eigenvalue weighted by Crippen LogP contribution is -2.49. The molecule has 24 heavy (non-hydrogen) atoms. The number of carbonyl (C=O) groups excluding carboxylic acids is 2. The van der Waals surface area contributed by atoms with Gasteiger partial charge in [0, 0.05) is 25.4 Å². The highest BCUT2D eigenvalue weighted by atomic mass is 16.2. The third kappa shape index (κ3) is 3.10. The van der Waals surface area contributed by atoms with E-state index in [1.807, 2.05) is 30.3 Å². The van der Waals surface area contributed by atoms with Crippen molar-refractivity contribution < 1.29 is 9.59 Å². The number of carbonyl (C=O) groups is 2. The third-order valence-corrected chi connectivity index (χ3v) is 3.93. The van der Waals surface area contributed by atoms with Crippen molar-refractivity contribution in [1.29, 1.82) is 5.26 Å². The normalized spacial score (nSPS) is 16.0. The van der Waals surface area contributed by atoms with Gasteiger partial charge in [-0.3, -0.25) is 9.59 Å². The Labute approximate surface area is 139 Å². The number of nitriles is 1. The van der Waals surface area contributed by atoms with Crippen molar-refractivity contribution in [2.24, 2.45) is 0 Å². The van der Waals surface area contributed by atoms with Crippen LogP contribution in [0.2, 0.25) is 0 Å². The molecule has 6 heteroatoms. The molecule has 0 saturated heterocycles. The fourth-order valence-electron chi connectivity index (χ4n) is 2.91. The van der Waals surface area contributed by atoms with Gasteiger partial charge in [-0.25, -0.2) is 4.98 Å². The van der Waals surface area contributed by atoms with E-state index >= 15 is 0 Å². The predicted molar refractivity (Wildman–Crippen MR) is 88.4 cm³/mol. The molecule has 0 saturated carbocycles. The van der Waals surface area contributed by atoms with Crippen LogP contribution in [0, 0.1) is 11.3 Å². The summed E-state index contributed by atoms with van der Waals surface area (Å²) in [5, 5.41) is 11.7. The lowest BCUT2D eigenvalue weighted by atomic mass is 9.97. The molecule has 1 aromatic heterocycles. The summed E-state index contributed by atoms with van der Waals surface area (Å²) in [6, 6.07) is 12.6. The van der Waals surface area contributed by atoms with Crippen LogP contribution in [0.1, 0.15) is 28.5 Å². The topological polar surface area (TPSA) is 86.1 Å². The number of anilines is 1. The number of hydrogen-bond donors (Lipinski definition) is 1. The summed E-state index contributed by atoms with van der Waals surface area (Å²) in [5.41, 5.74) is 2.53. The second-order valence-corrected chi connectivity index (χ2v) is 5.69. The molecule has 2 heterocycles. The Balaban J connectivity index is 1.93. The quantitative estimate of drug-likeness (QED) is 0.912. The molecule has 0 spiro atoms. The summed E-state index contributed by atoms with van der Waals surface area (Å²) in [5.74, 6) is -0.318. The Morgan fingerprint density at radius 1 is 1.29 bits per heavy atom. The first kappa shape index (κ1) is 15.7. The van der Waals surface area contributed by atoms with Gasteiger partial charge in [0.05, 0.1) is 11.6 Å². The minimum atomic E-state index is -0.200. The molecule has 1 N–H and O–H groups in total. The van der Waals surface area contributed by atoms with Crippen LogP contribution in [0.15, 0.2) is 42.6 Å². The van der Waals surface area contributed by atoms with Crippen molar-refractivity contribution in [2.75, 3.05) is 11.4 Å². The van der Waals surface area contributed by atoms with Gasteiger partial charge >= 0.3 is 0 Å². The Morgan fingerprint density at radius 3 is 2.75 bits per heavy atom. The maximum Gasteiger partial charge on any atom is 0.259 e. The van der Waals surface area contributed by atoms with E-state index in [9.17, 15) is 9.59 Å². The molecule has 3 rings (SSSR count). The number of rotatable bonds is 2. The largest absolute Gasteiger partial charge is 0.351 e. The molecule has 2 aromatic rings. The smallest absolute Gasteiger partial charge is 0.259 e. The zero-order valence-corrected chi connectivity index (χ0v) is 13.2. The first-order valence-electron chi connectivity index (χ1n) is 7.61. The second kappa shape index (κ2) is 6.50. The van der Waals surface area contributed by atoms with Crippen LogP contribution in [0.4, 0.5) is 5.69 Å². The fraction of sp³-hybridized carbons (Fsp3) is 0.222. The van der Waals surface area contributed by atoms with Gasteiger partial charge in [-0.1, -0.05) is 18.2 Å². The van der Waals surface area contributed by atoms with Crippen LogP contribution in [0.25, 0.3) is 0 Å². The average molecular weight is 320 g/mol. The lowest BCUT2D eigenvalue weighted by molar-refractivity contribution is -0.119. The molecule has 2 amide bonds. The highest BCUT2D eigenvalue weighted by Crippen LogP contribution is 2.28. The van der Waals surface area contributed by atoms with Crippen molar-refractivity contribution in [1.82, 2.24) is 10.3 Å². The summed E-state index contributed by atoms with van der Waals surface area (Å²) in [7, 11) is 0. The van der Waals surface area contributed by atoms with E-state index in [2.05, 4.69) is 10.3 Å². The van der Waals surface area contributed by atoms with Crippen molar-refractivity contribution in [2.45, 2.75) is 19.4 Å². The number of para-hydroxylation sites is 1. The molecule has 0 fully saturated rings. The van der Waals surface area contributed by atoms with Crippen LogP contribution in [-0.4, -0.2) is 29.4 Å². The number of fused-ring (bicyclic) bond motifs is 1. The maximum atomic E-state index is 12.9. The lowest BCUT2D eigenvalue weighted by Gasteiger charge is -2.34. The number of benzene rings is 1. The SMILES string of the molecule is CC(=O)NC1Cc2ccccc2N(C(=O)c2ccc(C#N)nc2)C1. The Bertz CT molecular complexity index is 824. The minimum absolute atomic E-state index is 0.119. The van der Waals surface area contributed by atoms with E-state index in [1.54, 1.807) is 11.0 Å². The number of nitrogens with one attached hydrogen (secondary N) is 1. The van der Waals surface area contributed by atoms with E-state index in [4.69, 9.17) is 5.26 Å². The van der Waals surface area contributed by atoms with Crippen molar-refractivity contribution in [3.05, 3.63) is 59.4 Å². The highest BCUT2D eigenvalue weighted by molar-refractivity contribution is 6.06. The van der Waals surface area contributed by atoms with E-state index in [1.165, 1.54) is 19.2 Å². The monoisotopic (exact) mass is 320 g/mol. The zero-order valence-electron chi connectivity index (χ0n) is 13.2. The second-order valence-electron chi connectivity index (χ2n) is 5.69. The van der Waals surface area contributed by atoms with Crippen LogP contribution in [0.5, 0.6) is 0 Å². The molecule has 0 aliphatic carbocycles. The highest BCUT2D eigenvalue weighted by Gasteiger charge is 2.29. The van der Waals surface area contributed by atoms with Gasteiger partial charge in [0.1, 0.15) is 11.8 Å². The maximum absolute atomic E-state index is 12.9. The Kier molecular flexibility index (Phi) is 4.25. The van der Waals surface area contributed by atoms with E-state index in [0.717, 1.165) is 11.3 Å². The minimum Gasteiger partial charge on any atom is -0.351 e. The molecule has 0 bridgehead atoms. The van der Waals surface area contributed by atoms with Crippen molar-refractivity contribution in [3.63, 3.8) is 0 Å². The summed E-state index contributed by atoms with van der Waals surface area (Å²) in [6.07, 6.45) is 2.09. The molecule has 120 valence electrons. The van der Waals surface area contributed by atoms with E-state index in [0.29, 0.717) is 18.5 Å². The molecule has 1 aliphatic heterocycles. The molecule has 1 unspecified atom stereocenters. The molecule has 1 aliphatic rings. The first-order chi connectivity index (χ1) is 11.6. The Hall–Kier alpha value is -3.20. The summed E-state index contributed by atoms with van der Waals surface area (Å²) >= 11 is 0. The number of hydrogen-bond acceptors (Lipinski definition) is 4. The van der Waals surface area contributed by atoms with Crippen LogP contribution < -0.4 is 10.2 Å². The fourth-order valence-corrected chi connectivity index (χ4v) is 2.91. The number of aromatic nitrogens is 1. The predicted octanol–water partition coefficient (Wildman–Crippen LogP) is 1.66. The summed E-state index contributed by atoms with van der Waals surface area (Å²) in [4.78, 5) is 29.9. The molecule has 0 radical (unpaired) electrons. The molecular weight excluding hydrogens is 304 g/mol. The molecule has 1 atom stereocenters. The summed E-state index contributed by atoms with van der Waals surface area (Å²) < 4.78 is 0. The standard InChI is InChI=1S/C18H16N4O2/c1-12(23)21-16-8-13-4-2-3-5-17(13)22(11-16)18(24)14-6-7-15(9-19)20-10-14/h2-7,10,16H,8,11H2,1H3,(H,21,23).